The summed E-state index contributed by atoms with van der Waals surface area (Å²) in [5, 5.41) is 7.02. The van der Waals surface area contributed by atoms with Gasteiger partial charge in [0, 0.05) is 6.42 Å². The van der Waals surface area contributed by atoms with E-state index in [9.17, 15) is 0 Å². The third-order valence-electron chi connectivity index (χ3n) is 2.69. The van der Waals surface area contributed by atoms with Gasteiger partial charge >= 0.3 is 0 Å². The first-order valence-electron chi connectivity index (χ1n) is 5.48. The molecule has 0 saturated carbocycles. The van der Waals surface area contributed by atoms with Crippen molar-refractivity contribution in [1.82, 2.24) is 14.8 Å². The Kier molecular flexibility index (Phi) is 3.28. The summed E-state index contributed by atoms with van der Waals surface area (Å²) in [5.74, 6) is 1.81. The van der Waals surface area contributed by atoms with Crippen LogP contribution >= 0.6 is 12.2 Å². The molecule has 0 spiro atoms. The van der Waals surface area contributed by atoms with Crippen LogP contribution in [0.25, 0.3) is 5.69 Å². The number of rotatable bonds is 3. The van der Waals surface area contributed by atoms with Crippen molar-refractivity contribution in [2.75, 3.05) is 7.11 Å². The van der Waals surface area contributed by atoms with Gasteiger partial charge < -0.3 is 4.74 Å². The molecular weight excluding hydrogens is 234 g/mol. The van der Waals surface area contributed by atoms with Crippen LogP contribution in [0.5, 0.6) is 5.75 Å². The molecule has 1 heterocycles. The number of hydrogen-bond acceptors (Lipinski definition) is 3. The Balaban J connectivity index is 2.57. The van der Waals surface area contributed by atoms with Crippen LogP contribution in [0.1, 0.15) is 18.3 Å². The lowest BCUT2D eigenvalue weighted by molar-refractivity contribution is 0.411. The summed E-state index contributed by atoms with van der Waals surface area (Å²) in [4.78, 5) is 0. The lowest BCUT2D eigenvalue weighted by atomic mass is 10.2. The topological polar surface area (TPSA) is 42.8 Å². The highest BCUT2D eigenvalue weighted by Crippen LogP contribution is 2.21. The lowest BCUT2D eigenvalue weighted by Crippen LogP contribution is -2.01. The summed E-state index contributed by atoms with van der Waals surface area (Å²) in [7, 11) is 1.67. The monoisotopic (exact) mass is 249 g/mol. The molecule has 0 aliphatic rings. The van der Waals surface area contributed by atoms with Crippen molar-refractivity contribution in [3.8, 4) is 11.4 Å². The molecule has 0 fully saturated rings. The van der Waals surface area contributed by atoms with Crippen LogP contribution in [0.3, 0.4) is 0 Å². The smallest absolute Gasteiger partial charge is 0.199 e. The fourth-order valence-electron chi connectivity index (χ4n) is 1.83. The fraction of sp³-hybridized carbons (Fsp3) is 0.333. The molecule has 0 radical (unpaired) electrons. The van der Waals surface area contributed by atoms with E-state index in [4.69, 9.17) is 17.0 Å². The van der Waals surface area contributed by atoms with Crippen molar-refractivity contribution >= 4 is 12.2 Å². The standard InChI is InChI=1S/C12H15N3OS/c1-4-11-13-14-12(17)15(11)9-5-6-10(16-3)8(2)7-9/h5-7H,4H2,1-3H3,(H,14,17). The number of nitrogens with one attached hydrogen (secondary N) is 1. The molecule has 0 saturated heterocycles. The van der Waals surface area contributed by atoms with E-state index in [2.05, 4.69) is 17.1 Å². The van der Waals surface area contributed by atoms with Gasteiger partial charge in [-0.1, -0.05) is 6.92 Å². The first-order valence-corrected chi connectivity index (χ1v) is 5.89. The predicted molar refractivity (Wildman–Crippen MR) is 69.4 cm³/mol. The van der Waals surface area contributed by atoms with Crippen molar-refractivity contribution in [1.29, 1.82) is 0 Å². The van der Waals surface area contributed by atoms with Crippen LogP contribution in [0.2, 0.25) is 0 Å². The number of aromatic amines is 1. The van der Waals surface area contributed by atoms with Gasteiger partial charge in [0.2, 0.25) is 0 Å². The zero-order chi connectivity index (χ0) is 12.4. The lowest BCUT2D eigenvalue weighted by Gasteiger charge is -2.09. The molecule has 2 aromatic rings. The average Bonchev–Trinajstić information content (AvgIpc) is 2.70. The summed E-state index contributed by atoms with van der Waals surface area (Å²) >= 11 is 5.24. The summed E-state index contributed by atoms with van der Waals surface area (Å²) in [6.45, 7) is 4.06. The fourth-order valence-corrected chi connectivity index (χ4v) is 2.09. The maximum atomic E-state index is 5.25. The predicted octanol–water partition coefficient (Wildman–Crippen LogP) is 2.81. The van der Waals surface area contributed by atoms with Gasteiger partial charge in [-0.15, -0.1) is 0 Å². The number of aryl methyl sites for hydroxylation is 2. The van der Waals surface area contributed by atoms with Gasteiger partial charge in [0.25, 0.3) is 0 Å². The Bertz CT molecular complexity index is 586. The van der Waals surface area contributed by atoms with E-state index in [0.717, 1.165) is 29.2 Å². The highest BCUT2D eigenvalue weighted by molar-refractivity contribution is 7.71. The molecule has 0 aliphatic heterocycles. The second kappa shape index (κ2) is 4.71. The Hall–Kier alpha value is -1.62. The number of nitrogens with zero attached hydrogens (tertiary/aromatic N) is 2. The maximum Gasteiger partial charge on any atom is 0.199 e. The molecular formula is C12H15N3OS. The number of ether oxygens (including phenoxy) is 1. The van der Waals surface area contributed by atoms with Crippen LogP contribution in [-0.4, -0.2) is 21.9 Å². The van der Waals surface area contributed by atoms with E-state index < -0.39 is 0 Å². The second-order valence-corrected chi connectivity index (χ2v) is 4.17. The maximum absolute atomic E-state index is 5.25. The Morgan fingerprint density at radius 1 is 1.47 bits per heavy atom. The number of aromatic nitrogens is 3. The first-order chi connectivity index (χ1) is 8.17. The zero-order valence-corrected chi connectivity index (χ0v) is 11.0. The largest absolute Gasteiger partial charge is 0.496 e. The van der Waals surface area contributed by atoms with Crippen molar-refractivity contribution in [3.63, 3.8) is 0 Å². The Morgan fingerprint density at radius 2 is 2.24 bits per heavy atom. The summed E-state index contributed by atoms with van der Waals surface area (Å²) in [6.07, 6.45) is 0.832. The molecule has 1 aromatic heterocycles. The van der Waals surface area contributed by atoms with E-state index in [-0.39, 0.29) is 0 Å². The molecule has 5 heteroatoms. The summed E-state index contributed by atoms with van der Waals surface area (Å²) in [5.41, 5.74) is 2.09. The Morgan fingerprint density at radius 3 is 2.82 bits per heavy atom. The first kappa shape index (κ1) is 11.9. The van der Waals surface area contributed by atoms with E-state index >= 15 is 0 Å². The van der Waals surface area contributed by atoms with Crippen molar-refractivity contribution in [3.05, 3.63) is 34.4 Å². The number of methoxy groups -OCH3 is 1. The average molecular weight is 249 g/mol. The molecule has 0 atom stereocenters. The normalized spacial score (nSPS) is 10.5. The highest BCUT2D eigenvalue weighted by atomic mass is 32.1. The zero-order valence-electron chi connectivity index (χ0n) is 10.2. The number of H-pyrrole nitrogens is 1. The SMILES string of the molecule is CCc1n[nH]c(=S)n1-c1ccc(OC)c(C)c1. The summed E-state index contributed by atoms with van der Waals surface area (Å²) < 4.78 is 7.81. The van der Waals surface area contributed by atoms with Gasteiger partial charge in [0.1, 0.15) is 11.6 Å². The Labute approximate surface area is 105 Å². The third-order valence-corrected chi connectivity index (χ3v) is 2.97. The van der Waals surface area contributed by atoms with Gasteiger partial charge in [-0.2, -0.15) is 5.10 Å². The minimum absolute atomic E-state index is 0.617. The quantitative estimate of drug-likeness (QED) is 0.851. The van der Waals surface area contributed by atoms with E-state index in [1.807, 2.05) is 29.7 Å². The van der Waals surface area contributed by atoms with Gasteiger partial charge in [-0.3, -0.25) is 9.67 Å². The molecule has 17 heavy (non-hydrogen) atoms. The van der Waals surface area contributed by atoms with Gasteiger partial charge in [-0.25, -0.2) is 0 Å². The molecule has 0 amide bonds. The minimum Gasteiger partial charge on any atom is -0.496 e. The van der Waals surface area contributed by atoms with Crippen molar-refractivity contribution in [2.24, 2.45) is 0 Å². The molecule has 2 rings (SSSR count). The van der Waals surface area contributed by atoms with Gasteiger partial charge in [0.05, 0.1) is 12.8 Å². The molecule has 0 aliphatic carbocycles. The van der Waals surface area contributed by atoms with Crippen LogP contribution in [0.15, 0.2) is 18.2 Å². The van der Waals surface area contributed by atoms with E-state index in [1.54, 1.807) is 7.11 Å². The third kappa shape index (κ3) is 2.10. The van der Waals surface area contributed by atoms with Crippen LogP contribution < -0.4 is 4.74 Å². The molecule has 90 valence electrons. The van der Waals surface area contributed by atoms with Crippen LogP contribution in [0.4, 0.5) is 0 Å². The van der Waals surface area contributed by atoms with E-state index in [1.165, 1.54) is 0 Å². The van der Waals surface area contributed by atoms with Crippen LogP contribution in [-0.2, 0) is 6.42 Å². The number of hydrogen-bond donors (Lipinski definition) is 1. The summed E-state index contributed by atoms with van der Waals surface area (Å²) in [6, 6.07) is 5.97. The highest BCUT2D eigenvalue weighted by Gasteiger charge is 2.08. The minimum atomic E-state index is 0.617. The molecule has 0 unspecified atom stereocenters. The van der Waals surface area contributed by atoms with Gasteiger partial charge in [-0.05, 0) is 42.9 Å². The number of benzene rings is 1. The molecule has 0 bridgehead atoms. The van der Waals surface area contributed by atoms with Crippen LogP contribution in [0, 0.1) is 11.7 Å². The molecule has 4 nitrogen and oxygen atoms in total. The molecule has 1 aromatic carbocycles. The van der Waals surface area contributed by atoms with Crippen molar-refractivity contribution in [2.45, 2.75) is 20.3 Å². The van der Waals surface area contributed by atoms with Crippen molar-refractivity contribution < 1.29 is 4.74 Å². The molecule has 1 N–H and O–H groups in total. The van der Waals surface area contributed by atoms with E-state index in [0.29, 0.717) is 4.77 Å². The second-order valence-electron chi connectivity index (χ2n) is 3.79. The van der Waals surface area contributed by atoms with Gasteiger partial charge in [0.15, 0.2) is 4.77 Å².